The van der Waals surface area contributed by atoms with Crippen molar-refractivity contribution in [2.45, 2.75) is 32.5 Å². The number of carbonyl (C=O) groups is 1. The second kappa shape index (κ2) is 5.47. The molecule has 1 fully saturated rings. The summed E-state index contributed by atoms with van der Waals surface area (Å²) < 4.78 is 43.4. The Balaban J connectivity index is 2.03. The minimum Gasteiger partial charge on any atom is -0.478 e. The molecule has 0 amide bonds. The standard InChI is InChI=1S/C13H16F3NO3/c1-8-11(12(18)19)5-10(20-8)7-17-4-2-3-9(6-17)13(14,15)16/h5,9H,2-4,6-7H2,1H3,(H,18,19). The van der Waals surface area contributed by atoms with Gasteiger partial charge in [0, 0.05) is 6.54 Å². The summed E-state index contributed by atoms with van der Waals surface area (Å²) in [6, 6.07) is 1.38. The van der Waals surface area contributed by atoms with Crippen LogP contribution < -0.4 is 0 Å². The zero-order chi connectivity index (χ0) is 14.9. The molecule has 0 aromatic carbocycles. The number of carboxylic acids is 1. The van der Waals surface area contributed by atoms with Crippen LogP contribution in [-0.4, -0.2) is 35.2 Å². The molecule has 1 N–H and O–H groups in total. The average Bonchev–Trinajstić information content (AvgIpc) is 2.69. The Morgan fingerprint density at radius 1 is 1.55 bits per heavy atom. The first kappa shape index (κ1) is 14.9. The quantitative estimate of drug-likeness (QED) is 0.930. The van der Waals surface area contributed by atoms with Gasteiger partial charge in [0.15, 0.2) is 0 Å². The van der Waals surface area contributed by atoms with Crippen molar-refractivity contribution in [3.63, 3.8) is 0 Å². The van der Waals surface area contributed by atoms with E-state index in [0.717, 1.165) is 0 Å². The molecule has 1 aromatic heterocycles. The van der Waals surface area contributed by atoms with Gasteiger partial charge < -0.3 is 9.52 Å². The number of aromatic carboxylic acids is 1. The Hall–Kier alpha value is -1.50. The molecule has 0 saturated carbocycles. The lowest BCUT2D eigenvalue weighted by Gasteiger charge is -2.33. The molecule has 2 rings (SSSR count). The van der Waals surface area contributed by atoms with Gasteiger partial charge in [-0.25, -0.2) is 4.79 Å². The van der Waals surface area contributed by atoms with Crippen molar-refractivity contribution in [2.24, 2.45) is 5.92 Å². The first-order valence-corrected chi connectivity index (χ1v) is 6.39. The smallest absolute Gasteiger partial charge is 0.393 e. The van der Waals surface area contributed by atoms with E-state index >= 15 is 0 Å². The molecular weight excluding hydrogens is 275 g/mol. The minimum atomic E-state index is -4.18. The van der Waals surface area contributed by atoms with E-state index in [4.69, 9.17) is 9.52 Å². The third kappa shape index (κ3) is 3.33. The number of halogens is 3. The fraction of sp³-hybridized carbons (Fsp3) is 0.615. The number of likely N-dealkylation sites (tertiary alicyclic amines) is 1. The Morgan fingerprint density at radius 3 is 2.80 bits per heavy atom. The molecule has 1 atom stereocenters. The summed E-state index contributed by atoms with van der Waals surface area (Å²) in [6.07, 6.45) is -3.54. The summed E-state index contributed by atoms with van der Waals surface area (Å²) in [5, 5.41) is 8.91. The lowest BCUT2D eigenvalue weighted by molar-refractivity contribution is -0.187. The molecule has 1 unspecified atom stereocenters. The van der Waals surface area contributed by atoms with E-state index in [1.807, 2.05) is 0 Å². The van der Waals surface area contributed by atoms with Crippen LogP contribution in [0.2, 0.25) is 0 Å². The number of aryl methyl sites for hydroxylation is 1. The topological polar surface area (TPSA) is 53.7 Å². The van der Waals surface area contributed by atoms with Crippen molar-refractivity contribution < 1.29 is 27.5 Å². The highest BCUT2D eigenvalue weighted by molar-refractivity contribution is 5.88. The van der Waals surface area contributed by atoms with Gasteiger partial charge in [0.2, 0.25) is 0 Å². The monoisotopic (exact) mass is 291 g/mol. The summed E-state index contributed by atoms with van der Waals surface area (Å²) in [7, 11) is 0. The van der Waals surface area contributed by atoms with Gasteiger partial charge in [0.25, 0.3) is 0 Å². The van der Waals surface area contributed by atoms with E-state index in [-0.39, 0.29) is 30.8 Å². The number of carboxylic acid groups (broad SMARTS) is 1. The highest BCUT2D eigenvalue weighted by Gasteiger charge is 2.41. The van der Waals surface area contributed by atoms with E-state index in [1.54, 1.807) is 4.90 Å². The fourth-order valence-corrected chi connectivity index (χ4v) is 2.52. The number of nitrogens with zero attached hydrogens (tertiary/aromatic N) is 1. The van der Waals surface area contributed by atoms with E-state index in [9.17, 15) is 18.0 Å². The maximum atomic E-state index is 12.7. The summed E-state index contributed by atoms with van der Waals surface area (Å²) in [5.41, 5.74) is 0.0596. The Morgan fingerprint density at radius 2 is 2.25 bits per heavy atom. The van der Waals surface area contributed by atoms with Gasteiger partial charge in [-0.05, 0) is 32.4 Å². The van der Waals surface area contributed by atoms with Crippen LogP contribution in [0.15, 0.2) is 10.5 Å². The van der Waals surface area contributed by atoms with Gasteiger partial charge in [0.05, 0.1) is 12.5 Å². The largest absolute Gasteiger partial charge is 0.478 e. The van der Waals surface area contributed by atoms with Crippen molar-refractivity contribution in [2.75, 3.05) is 13.1 Å². The molecule has 1 aliphatic rings. The molecule has 2 heterocycles. The van der Waals surface area contributed by atoms with E-state index < -0.39 is 18.1 Å². The number of rotatable bonds is 3. The van der Waals surface area contributed by atoms with Gasteiger partial charge in [-0.3, -0.25) is 4.90 Å². The first-order chi connectivity index (χ1) is 9.27. The maximum absolute atomic E-state index is 12.7. The van der Waals surface area contributed by atoms with Gasteiger partial charge in [0.1, 0.15) is 17.1 Å². The van der Waals surface area contributed by atoms with Gasteiger partial charge in [-0.15, -0.1) is 0 Å². The maximum Gasteiger partial charge on any atom is 0.393 e. The van der Waals surface area contributed by atoms with Crippen LogP contribution in [0.5, 0.6) is 0 Å². The number of piperidine rings is 1. The predicted molar refractivity (Wildman–Crippen MR) is 64.5 cm³/mol. The molecule has 1 saturated heterocycles. The van der Waals surface area contributed by atoms with E-state index in [2.05, 4.69) is 0 Å². The Labute approximate surface area is 114 Å². The van der Waals surface area contributed by atoms with Gasteiger partial charge in [-0.1, -0.05) is 0 Å². The molecule has 20 heavy (non-hydrogen) atoms. The van der Waals surface area contributed by atoms with Crippen LogP contribution >= 0.6 is 0 Å². The molecule has 0 radical (unpaired) electrons. The van der Waals surface area contributed by atoms with Crippen LogP contribution in [0, 0.1) is 12.8 Å². The molecule has 0 spiro atoms. The van der Waals surface area contributed by atoms with Crippen molar-refractivity contribution in [1.82, 2.24) is 4.90 Å². The summed E-state index contributed by atoms with van der Waals surface area (Å²) >= 11 is 0. The third-order valence-electron chi connectivity index (χ3n) is 3.55. The normalized spacial score (nSPS) is 21.1. The molecule has 1 aromatic rings. The SMILES string of the molecule is Cc1oc(CN2CCCC(C(F)(F)F)C2)cc1C(=O)O. The fourth-order valence-electron chi connectivity index (χ4n) is 2.52. The van der Waals surface area contributed by atoms with E-state index in [1.165, 1.54) is 13.0 Å². The highest BCUT2D eigenvalue weighted by atomic mass is 19.4. The van der Waals surface area contributed by atoms with Crippen LogP contribution in [0.4, 0.5) is 13.2 Å². The average molecular weight is 291 g/mol. The molecule has 0 bridgehead atoms. The number of hydrogen-bond acceptors (Lipinski definition) is 3. The van der Waals surface area contributed by atoms with E-state index in [0.29, 0.717) is 18.7 Å². The second-order valence-corrected chi connectivity index (χ2v) is 5.10. The molecular formula is C13H16F3NO3. The molecule has 0 aliphatic carbocycles. The van der Waals surface area contributed by atoms with Crippen LogP contribution in [0.3, 0.4) is 0 Å². The highest BCUT2D eigenvalue weighted by Crippen LogP contribution is 2.33. The van der Waals surface area contributed by atoms with Crippen LogP contribution in [0.25, 0.3) is 0 Å². The first-order valence-electron chi connectivity index (χ1n) is 6.39. The summed E-state index contributed by atoms with van der Waals surface area (Å²) in [5.74, 6) is -1.74. The number of alkyl halides is 3. The zero-order valence-electron chi connectivity index (χ0n) is 11.0. The number of furan rings is 1. The number of hydrogen-bond donors (Lipinski definition) is 1. The molecule has 112 valence electrons. The van der Waals surface area contributed by atoms with Crippen molar-refractivity contribution in [3.8, 4) is 0 Å². The minimum absolute atomic E-state index is 0.0596. The summed E-state index contributed by atoms with van der Waals surface area (Å²) in [4.78, 5) is 12.5. The predicted octanol–water partition coefficient (Wildman–Crippen LogP) is 3.06. The Bertz CT molecular complexity index is 496. The third-order valence-corrected chi connectivity index (χ3v) is 3.55. The van der Waals surface area contributed by atoms with Crippen LogP contribution in [0.1, 0.15) is 34.7 Å². The molecule has 7 heteroatoms. The van der Waals surface area contributed by atoms with Crippen molar-refractivity contribution >= 4 is 5.97 Å². The molecule has 4 nitrogen and oxygen atoms in total. The zero-order valence-corrected chi connectivity index (χ0v) is 11.0. The summed E-state index contributed by atoms with van der Waals surface area (Å²) in [6.45, 7) is 2.24. The lowest BCUT2D eigenvalue weighted by atomic mass is 9.97. The van der Waals surface area contributed by atoms with Crippen molar-refractivity contribution in [1.29, 1.82) is 0 Å². The van der Waals surface area contributed by atoms with Gasteiger partial charge in [-0.2, -0.15) is 13.2 Å². The lowest BCUT2D eigenvalue weighted by Crippen LogP contribution is -2.41. The molecule has 1 aliphatic heterocycles. The van der Waals surface area contributed by atoms with Gasteiger partial charge >= 0.3 is 12.1 Å². The Kier molecular flexibility index (Phi) is 4.08. The van der Waals surface area contributed by atoms with Crippen LogP contribution in [-0.2, 0) is 6.54 Å². The van der Waals surface area contributed by atoms with Crippen molar-refractivity contribution in [3.05, 3.63) is 23.2 Å². The second-order valence-electron chi connectivity index (χ2n) is 5.10.